The third kappa shape index (κ3) is 4.03. The molecule has 1 N–H and O–H groups in total. The lowest BCUT2D eigenvalue weighted by atomic mass is 10.2. The van der Waals surface area contributed by atoms with Crippen LogP contribution in [0.1, 0.15) is 22.7 Å². The molecule has 3 aromatic rings. The van der Waals surface area contributed by atoms with Gasteiger partial charge in [0.2, 0.25) is 5.89 Å². The summed E-state index contributed by atoms with van der Waals surface area (Å²) in [5.41, 5.74) is 3.40. The summed E-state index contributed by atoms with van der Waals surface area (Å²) in [7, 11) is 3.09. The van der Waals surface area contributed by atoms with E-state index in [1.165, 1.54) is 0 Å². The van der Waals surface area contributed by atoms with Gasteiger partial charge in [0.15, 0.2) is 5.58 Å². The lowest BCUT2D eigenvalue weighted by Crippen LogP contribution is -2.21. The first-order chi connectivity index (χ1) is 14.2. The minimum absolute atomic E-state index is 0.261. The van der Waals surface area contributed by atoms with E-state index in [4.69, 9.17) is 13.9 Å². The smallest absolute Gasteiger partial charge is 0.255 e. The summed E-state index contributed by atoms with van der Waals surface area (Å²) in [5, 5.41) is 2.90. The largest absolute Gasteiger partial charge is 0.497 e. The van der Waals surface area contributed by atoms with Crippen LogP contribution in [-0.4, -0.2) is 30.1 Å². The first-order valence-corrected chi connectivity index (χ1v) is 8.99. The lowest BCUT2D eigenvalue weighted by Gasteiger charge is -2.09. The van der Waals surface area contributed by atoms with Gasteiger partial charge in [0, 0.05) is 29.1 Å². The fraction of sp³-hybridized carbons (Fsp3) is 0.136. The normalized spacial score (nSPS) is 13.4. The molecule has 0 unspecified atom stereocenters. The molecule has 0 spiro atoms. The van der Waals surface area contributed by atoms with Crippen LogP contribution in [0.4, 0.5) is 0 Å². The number of carbonyl (C=O) groups excluding carboxylic acids is 1. The topological polar surface area (TPSA) is 86.5 Å². The molecule has 1 aliphatic rings. The molecule has 4 rings (SSSR count). The lowest BCUT2D eigenvalue weighted by molar-refractivity contribution is 0.0966. The molecule has 0 fully saturated rings. The van der Waals surface area contributed by atoms with Gasteiger partial charge in [-0.1, -0.05) is 12.2 Å². The van der Waals surface area contributed by atoms with E-state index in [1.54, 1.807) is 50.9 Å². The molecule has 0 saturated heterocycles. The molecular formula is C22H19N3O4. The van der Waals surface area contributed by atoms with Crippen LogP contribution in [-0.2, 0) is 0 Å². The highest BCUT2D eigenvalue weighted by Gasteiger charge is 2.13. The summed E-state index contributed by atoms with van der Waals surface area (Å²) in [4.78, 5) is 21.2. The molecule has 0 bridgehead atoms. The average Bonchev–Trinajstić information content (AvgIpc) is 3.05. The van der Waals surface area contributed by atoms with Crippen molar-refractivity contribution in [1.82, 2.24) is 15.3 Å². The summed E-state index contributed by atoms with van der Waals surface area (Å²) < 4.78 is 16.2. The maximum atomic E-state index is 12.7. The zero-order valence-corrected chi connectivity index (χ0v) is 16.0. The number of pyridine rings is 1. The zero-order chi connectivity index (χ0) is 20.2. The first kappa shape index (κ1) is 18.5. The Morgan fingerprint density at radius 1 is 1.14 bits per heavy atom. The number of ether oxygens (including phenoxy) is 2. The maximum Gasteiger partial charge on any atom is 0.255 e. The van der Waals surface area contributed by atoms with Gasteiger partial charge >= 0.3 is 0 Å². The molecule has 0 saturated carbocycles. The molecule has 0 atom stereocenters. The monoisotopic (exact) mass is 389 g/mol. The standard InChI is InChI=1S/C22H19N3O4/c1-27-17-10-15(11-18(12-17)28-2)21(26)24-16-5-3-4-14(6-7-16)22-25-19-8-9-23-13-20(19)29-22/h3,5-13H,4H2,1-2H3,(H,24,26). The van der Waals surface area contributed by atoms with Crippen molar-refractivity contribution in [2.45, 2.75) is 6.42 Å². The van der Waals surface area contributed by atoms with Gasteiger partial charge in [0.1, 0.15) is 17.0 Å². The molecule has 29 heavy (non-hydrogen) atoms. The maximum absolute atomic E-state index is 12.7. The van der Waals surface area contributed by atoms with Crippen molar-refractivity contribution in [3.63, 3.8) is 0 Å². The van der Waals surface area contributed by atoms with Crippen LogP contribution >= 0.6 is 0 Å². The highest BCUT2D eigenvalue weighted by molar-refractivity contribution is 5.96. The van der Waals surface area contributed by atoms with Gasteiger partial charge in [-0.05, 0) is 36.8 Å². The van der Waals surface area contributed by atoms with Crippen LogP contribution in [0.3, 0.4) is 0 Å². The van der Waals surface area contributed by atoms with Crippen LogP contribution in [0.15, 0.2) is 71.1 Å². The minimum atomic E-state index is -0.261. The fourth-order valence-corrected chi connectivity index (χ4v) is 2.93. The van der Waals surface area contributed by atoms with Gasteiger partial charge in [-0.3, -0.25) is 9.78 Å². The van der Waals surface area contributed by atoms with Gasteiger partial charge in [-0.25, -0.2) is 4.98 Å². The third-order valence-corrected chi connectivity index (χ3v) is 4.44. The van der Waals surface area contributed by atoms with Crippen LogP contribution in [0.25, 0.3) is 16.7 Å². The molecule has 0 aliphatic heterocycles. The number of hydrogen-bond donors (Lipinski definition) is 1. The number of hydrogen-bond acceptors (Lipinski definition) is 6. The first-order valence-electron chi connectivity index (χ1n) is 8.99. The second-order valence-corrected chi connectivity index (χ2v) is 6.34. The van der Waals surface area contributed by atoms with Crippen LogP contribution < -0.4 is 14.8 Å². The van der Waals surface area contributed by atoms with Crippen molar-refractivity contribution in [3.05, 3.63) is 78.1 Å². The predicted octanol–water partition coefficient (Wildman–Crippen LogP) is 3.90. The van der Waals surface area contributed by atoms with E-state index in [9.17, 15) is 4.79 Å². The summed E-state index contributed by atoms with van der Waals surface area (Å²) in [6, 6.07) is 6.84. The number of methoxy groups -OCH3 is 2. The van der Waals surface area contributed by atoms with Crippen molar-refractivity contribution < 1.29 is 18.7 Å². The van der Waals surface area contributed by atoms with Gasteiger partial charge in [0.05, 0.1) is 20.4 Å². The summed E-state index contributed by atoms with van der Waals surface area (Å²) in [6.07, 6.45) is 11.5. The molecule has 146 valence electrons. The van der Waals surface area contributed by atoms with E-state index in [0.717, 1.165) is 11.1 Å². The van der Waals surface area contributed by atoms with E-state index in [-0.39, 0.29) is 5.91 Å². The number of rotatable bonds is 5. The zero-order valence-electron chi connectivity index (χ0n) is 16.0. The third-order valence-electron chi connectivity index (χ3n) is 4.44. The number of oxazole rings is 1. The highest BCUT2D eigenvalue weighted by Crippen LogP contribution is 2.25. The minimum Gasteiger partial charge on any atom is -0.497 e. The van der Waals surface area contributed by atoms with E-state index < -0.39 is 0 Å². The highest BCUT2D eigenvalue weighted by atomic mass is 16.5. The van der Waals surface area contributed by atoms with Gasteiger partial charge in [0.25, 0.3) is 5.91 Å². The molecule has 1 aliphatic carbocycles. The SMILES string of the molecule is COc1cc(OC)cc(C(=O)NC2=CC=C(c3nc4ccncc4o3)CC=C2)c1. The number of carbonyl (C=O) groups is 1. The molecule has 2 heterocycles. The fourth-order valence-electron chi connectivity index (χ4n) is 2.93. The predicted molar refractivity (Wildman–Crippen MR) is 109 cm³/mol. The number of aromatic nitrogens is 2. The molecule has 1 amide bonds. The van der Waals surface area contributed by atoms with E-state index >= 15 is 0 Å². The van der Waals surface area contributed by atoms with Crippen LogP contribution in [0.2, 0.25) is 0 Å². The number of nitrogens with one attached hydrogen (secondary N) is 1. The Labute approximate surface area is 167 Å². The number of nitrogens with zero attached hydrogens (tertiary/aromatic N) is 2. The summed E-state index contributed by atoms with van der Waals surface area (Å²) in [6.45, 7) is 0. The summed E-state index contributed by atoms with van der Waals surface area (Å²) >= 11 is 0. The Bertz CT molecular complexity index is 1100. The molecule has 0 radical (unpaired) electrons. The van der Waals surface area contributed by atoms with E-state index in [1.807, 2.05) is 24.3 Å². The van der Waals surface area contributed by atoms with Crippen molar-refractivity contribution in [2.75, 3.05) is 14.2 Å². The Hall–Kier alpha value is -3.87. The Morgan fingerprint density at radius 3 is 2.66 bits per heavy atom. The Balaban J connectivity index is 1.55. The number of fused-ring (bicyclic) bond motifs is 1. The number of allylic oxidation sites excluding steroid dienone is 5. The van der Waals surface area contributed by atoms with Gasteiger partial charge in [-0.15, -0.1) is 0 Å². The molecule has 7 heteroatoms. The second-order valence-electron chi connectivity index (χ2n) is 6.34. The van der Waals surface area contributed by atoms with Crippen LogP contribution in [0, 0.1) is 0 Å². The van der Waals surface area contributed by atoms with Crippen molar-refractivity contribution in [2.24, 2.45) is 0 Å². The molecule has 7 nitrogen and oxygen atoms in total. The quantitative estimate of drug-likeness (QED) is 0.712. The Kier molecular flexibility index (Phi) is 5.11. The molecule has 1 aromatic carbocycles. The number of benzene rings is 1. The summed E-state index contributed by atoms with van der Waals surface area (Å²) in [5.74, 6) is 1.38. The van der Waals surface area contributed by atoms with Crippen LogP contribution in [0.5, 0.6) is 11.5 Å². The van der Waals surface area contributed by atoms with Crippen molar-refractivity contribution in [1.29, 1.82) is 0 Å². The molecule has 2 aromatic heterocycles. The van der Waals surface area contributed by atoms with Gasteiger partial charge in [-0.2, -0.15) is 0 Å². The molecular weight excluding hydrogens is 370 g/mol. The average molecular weight is 389 g/mol. The van der Waals surface area contributed by atoms with E-state index in [0.29, 0.717) is 40.7 Å². The van der Waals surface area contributed by atoms with Crippen molar-refractivity contribution >= 4 is 22.6 Å². The van der Waals surface area contributed by atoms with Gasteiger partial charge < -0.3 is 19.2 Å². The van der Waals surface area contributed by atoms with E-state index in [2.05, 4.69) is 15.3 Å². The number of amides is 1. The second kappa shape index (κ2) is 8.02. The van der Waals surface area contributed by atoms with Crippen molar-refractivity contribution in [3.8, 4) is 11.5 Å². The Morgan fingerprint density at radius 2 is 1.93 bits per heavy atom.